The Labute approximate surface area is 182 Å². The number of aromatic nitrogens is 3. The lowest BCUT2D eigenvalue weighted by Crippen LogP contribution is -2.57. The highest BCUT2D eigenvalue weighted by molar-refractivity contribution is 5.68. The van der Waals surface area contributed by atoms with Crippen LogP contribution in [-0.2, 0) is 4.74 Å². The second kappa shape index (κ2) is 8.57. The highest BCUT2D eigenvalue weighted by atomic mass is 19.3. The molecule has 0 spiro atoms. The third kappa shape index (κ3) is 4.64. The third-order valence-electron chi connectivity index (χ3n) is 5.48. The molecule has 2 aromatic heterocycles. The lowest BCUT2D eigenvalue weighted by atomic mass is 10.1. The summed E-state index contributed by atoms with van der Waals surface area (Å²) in [5.74, 6) is -2.63. The number of alkyl halides is 4. The Morgan fingerprint density at radius 1 is 1.28 bits per heavy atom. The molecule has 0 unspecified atom stereocenters. The predicted octanol–water partition coefficient (Wildman–Crippen LogP) is 3.18. The van der Waals surface area contributed by atoms with Gasteiger partial charge in [0.1, 0.15) is 5.82 Å². The molecule has 0 aliphatic carbocycles. The largest absolute Gasteiger partial charge is 0.431 e. The number of rotatable bonds is 6. The van der Waals surface area contributed by atoms with Gasteiger partial charge < -0.3 is 25.0 Å². The quantitative estimate of drug-likeness (QED) is 0.663. The van der Waals surface area contributed by atoms with E-state index in [1.165, 1.54) is 17.2 Å². The van der Waals surface area contributed by atoms with Gasteiger partial charge in [-0.15, -0.1) is 0 Å². The van der Waals surface area contributed by atoms with Crippen LogP contribution < -0.4 is 20.3 Å². The monoisotopic (exact) mass is 456 g/mol. The number of nitrogens with two attached hydrogens (primary N) is 1. The molecule has 0 amide bonds. The summed E-state index contributed by atoms with van der Waals surface area (Å²) in [5.41, 5.74) is 6.31. The van der Waals surface area contributed by atoms with Gasteiger partial charge in [0.2, 0.25) is 5.95 Å². The minimum Gasteiger partial charge on any atom is -0.431 e. The molecule has 2 aromatic rings. The lowest BCUT2D eigenvalue weighted by molar-refractivity contribution is -0.0495. The minimum absolute atomic E-state index is 0.00522. The molecule has 12 heteroatoms. The molecular formula is C20H24F4N6O2. The van der Waals surface area contributed by atoms with Crippen LogP contribution in [0.3, 0.4) is 0 Å². The summed E-state index contributed by atoms with van der Waals surface area (Å²) < 4.78 is 62.7. The summed E-state index contributed by atoms with van der Waals surface area (Å²) in [4.78, 5) is 16.3. The van der Waals surface area contributed by atoms with Crippen molar-refractivity contribution in [1.29, 1.82) is 0 Å². The molecule has 8 nitrogen and oxygen atoms in total. The van der Waals surface area contributed by atoms with Crippen molar-refractivity contribution in [3.8, 4) is 17.0 Å². The lowest BCUT2D eigenvalue weighted by Gasteiger charge is -2.41. The highest BCUT2D eigenvalue weighted by Crippen LogP contribution is 2.35. The molecule has 2 aliphatic heterocycles. The highest BCUT2D eigenvalue weighted by Gasteiger charge is 2.45. The molecule has 2 atom stereocenters. The molecule has 2 N–H and O–H groups in total. The van der Waals surface area contributed by atoms with Crippen LogP contribution >= 0.6 is 0 Å². The Kier molecular flexibility index (Phi) is 5.97. The van der Waals surface area contributed by atoms with Crippen LogP contribution in [-0.4, -0.2) is 65.9 Å². The van der Waals surface area contributed by atoms with Crippen LogP contribution in [0.15, 0.2) is 18.3 Å². The van der Waals surface area contributed by atoms with Gasteiger partial charge in [0.25, 0.3) is 5.92 Å². The van der Waals surface area contributed by atoms with Gasteiger partial charge in [0.05, 0.1) is 37.5 Å². The number of hydrogen-bond donors (Lipinski definition) is 1. The standard InChI is InChI=1S/C20H24F4N6O2/c1-3-13-7-30(11(2)8-31-13)16-5-14(27-19(28-16)29-9-20(23,24)10-29)12-4-15(32-18(21)22)17(25)26-6-12/h4-6,11,13,18H,3,7-10H2,1-2H3,(H2,25,26)/t11-,13-/m0/s1. The molecule has 0 bridgehead atoms. The average molecular weight is 456 g/mol. The maximum absolute atomic E-state index is 13.5. The number of morpholine rings is 1. The van der Waals surface area contributed by atoms with Crippen LogP contribution in [0.5, 0.6) is 5.75 Å². The Hall–Kier alpha value is -2.89. The normalized spacial score (nSPS) is 22.7. The van der Waals surface area contributed by atoms with Crippen molar-refractivity contribution >= 4 is 17.6 Å². The molecule has 2 fully saturated rings. The number of ether oxygens (including phenoxy) is 2. The van der Waals surface area contributed by atoms with Crippen molar-refractivity contribution < 1.29 is 27.0 Å². The van der Waals surface area contributed by atoms with Crippen molar-refractivity contribution in [3.63, 3.8) is 0 Å². The van der Waals surface area contributed by atoms with Crippen LogP contribution in [0.2, 0.25) is 0 Å². The van der Waals surface area contributed by atoms with E-state index < -0.39 is 25.6 Å². The van der Waals surface area contributed by atoms with Crippen molar-refractivity contribution in [2.24, 2.45) is 0 Å². The van der Waals surface area contributed by atoms with Gasteiger partial charge in [-0.25, -0.2) is 18.7 Å². The van der Waals surface area contributed by atoms with Gasteiger partial charge in [-0.2, -0.15) is 13.8 Å². The zero-order valence-corrected chi connectivity index (χ0v) is 17.6. The van der Waals surface area contributed by atoms with Gasteiger partial charge in [0.15, 0.2) is 11.6 Å². The number of anilines is 3. The van der Waals surface area contributed by atoms with Gasteiger partial charge >= 0.3 is 6.61 Å². The second-order valence-electron chi connectivity index (χ2n) is 7.97. The first kappa shape index (κ1) is 22.3. The van der Waals surface area contributed by atoms with E-state index in [1.807, 2.05) is 18.7 Å². The first-order valence-electron chi connectivity index (χ1n) is 10.3. The molecule has 4 rings (SSSR count). The number of hydrogen-bond acceptors (Lipinski definition) is 8. The Bertz CT molecular complexity index is 971. The van der Waals surface area contributed by atoms with E-state index in [-0.39, 0.29) is 29.7 Å². The topological polar surface area (TPSA) is 89.6 Å². The number of nitrogens with zero attached hydrogens (tertiary/aromatic N) is 5. The molecule has 0 saturated carbocycles. The van der Waals surface area contributed by atoms with Gasteiger partial charge in [-0.05, 0) is 19.4 Å². The van der Waals surface area contributed by atoms with Crippen molar-refractivity contribution in [3.05, 3.63) is 18.3 Å². The minimum atomic E-state index is -3.07. The fourth-order valence-corrected chi connectivity index (χ4v) is 3.68. The molecule has 4 heterocycles. The molecule has 2 saturated heterocycles. The smallest absolute Gasteiger partial charge is 0.387 e. The summed E-state index contributed by atoms with van der Waals surface area (Å²) in [5, 5.41) is 0. The second-order valence-corrected chi connectivity index (χ2v) is 7.97. The zero-order valence-electron chi connectivity index (χ0n) is 17.6. The maximum atomic E-state index is 13.5. The van der Waals surface area contributed by atoms with Crippen molar-refractivity contribution in [1.82, 2.24) is 15.0 Å². The fourth-order valence-electron chi connectivity index (χ4n) is 3.68. The summed E-state index contributed by atoms with van der Waals surface area (Å²) in [7, 11) is 0. The molecule has 0 radical (unpaired) electrons. The van der Waals surface area contributed by atoms with Gasteiger partial charge in [-0.3, -0.25) is 0 Å². The van der Waals surface area contributed by atoms with Crippen LogP contribution in [0.4, 0.5) is 35.1 Å². The van der Waals surface area contributed by atoms with E-state index in [0.29, 0.717) is 30.2 Å². The van der Waals surface area contributed by atoms with Crippen LogP contribution in [0, 0.1) is 0 Å². The number of pyridine rings is 1. The molecule has 0 aromatic carbocycles. The Morgan fingerprint density at radius 3 is 2.69 bits per heavy atom. The van der Waals surface area contributed by atoms with E-state index in [1.54, 1.807) is 6.07 Å². The summed E-state index contributed by atoms with van der Waals surface area (Å²) in [6.45, 7) is 0.994. The SMILES string of the molecule is CC[C@H]1CN(c2cc(-c3cnc(N)c(OC(F)F)c3)nc(N3CC(F)(F)C3)n2)[C@@H](C)CO1. The predicted molar refractivity (Wildman–Crippen MR) is 110 cm³/mol. The van der Waals surface area contributed by atoms with E-state index in [2.05, 4.69) is 19.7 Å². The summed E-state index contributed by atoms with van der Waals surface area (Å²) >= 11 is 0. The fraction of sp³-hybridized carbons (Fsp3) is 0.550. The van der Waals surface area contributed by atoms with Crippen molar-refractivity contribution in [2.75, 3.05) is 41.8 Å². The Balaban J connectivity index is 1.74. The number of nitrogen functional groups attached to an aromatic ring is 1. The van der Waals surface area contributed by atoms with Crippen molar-refractivity contribution in [2.45, 2.75) is 44.9 Å². The van der Waals surface area contributed by atoms with E-state index in [9.17, 15) is 17.6 Å². The van der Waals surface area contributed by atoms with Gasteiger partial charge in [0, 0.05) is 24.4 Å². The molecule has 2 aliphatic rings. The van der Waals surface area contributed by atoms with E-state index in [4.69, 9.17) is 10.5 Å². The first-order valence-corrected chi connectivity index (χ1v) is 10.3. The van der Waals surface area contributed by atoms with E-state index in [0.717, 1.165) is 6.42 Å². The summed E-state index contributed by atoms with van der Waals surface area (Å²) in [6, 6.07) is 2.97. The third-order valence-corrected chi connectivity index (χ3v) is 5.48. The van der Waals surface area contributed by atoms with Gasteiger partial charge in [-0.1, -0.05) is 6.92 Å². The zero-order chi connectivity index (χ0) is 23.0. The maximum Gasteiger partial charge on any atom is 0.387 e. The van der Waals surface area contributed by atoms with Crippen LogP contribution in [0.25, 0.3) is 11.3 Å². The van der Waals surface area contributed by atoms with E-state index >= 15 is 0 Å². The Morgan fingerprint density at radius 2 is 2.03 bits per heavy atom. The average Bonchev–Trinajstić information content (AvgIpc) is 2.73. The van der Waals surface area contributed by atoms with Crippen LogP contribution in [0.1, 0.15) is 20.3 Å². The molecule has 32 heavy (non-hydrogen) atoms. The molecule has 174 valence electrons. The summed E-state index contributed by atoms with van der Waals surface area (Å²) in [6.07, 6.45) is 2.18. The first-order chi connectivity index (χ1) is 15.1. The molecular weight excluding hydrogens is 432 g/mol. The number of halogens is 4.